The SMILES string of the molecule is CCN(C)C.CCSc1ccc(N2CCN(c3c(C)nc(N)nc3N)CC2)cc1. The highest BCUT2D eigenvalue weighted by atomic mass is 32.2. The fourth-order valence-corrected chi connectivity index (χ4v) is 3.77. The quantitative estimate of drug-likeness (QED) is 0.718. The van der Waals surface area contributed by atoms with E-state index in [2.05, 4.69) is 76.9 Å². The summed E-state index contributed by atoms with van der Waals surface area (Å²) in [5.41, 5.74) is 14.7. The molecule has 2 aromatic rings. The van der Waals surface area contributed by atoms with Crippen molar-refractivity contribution in [2.24, 2.45) is 0 Å². The van der Waals surface area contributed by atoms with Gasteiger partial charge in [-0.3, -0.25) is 0 Å². The van der Waals surface area contributed by atoms with Crippen molar-refractivity contribution in [1.82, 2.24) is 14.9 Å². The van der Waals surface area contributed by atoms with Crippen LogP contribution in [-0.4, -0.2) is 67.4 Å². The van der Waals surface area contributed by atoms with Crippen LogP contribution in [0.1, 0.15) is 19.5 Å². The Morgan fingerprint density at radius 2 is 1.52 bits per heavy atom. The average molecular weight is 418 g/mol. The Balaban J connectivity index is 0.000000537. The lowest BCUT2D eigenvalue weighted by Crippen LogP contribution is -2.47. The van der Waals surface area contributed by atoms with Gasteiger partial charge < -0.3 is 26.2 Å². The minimum Gasteiger partial charge on any atom is -0.382 e. The fourth-order valence-electron chi connectivity index (χ4n) is 3.11. The summed E-state index contributed by atoms with van der Waals surface area (Å²) >= 11 is 1.87. The highest BCUT2D eigenvalue weighted by molar-refractivity contribution is 7.99. The fraction of sp³-hybridized carbons (Fsp3) is 0.524. The van der Waals surface area contributed by atoms with Gasteiger partial charge in [0.2, 0.25) is 5.95 Å². The van der Waals surface area contributed by atoms with Gasteiger partial charge in [0.25, 0.3) is 0 Å². The average Bonchev–Trinajstić information content (AvgIpc) is 2.69. The van der Waals surface area contributed by atoms with Crippen LogP contribution < -0.4 is 21.3 Å². The van der Waals surface area contributed by atoms with Gasteiger partial charge >= 0.3 is 0 Å². The molecule has 0 saturated carbocycles. The lowest BCUT2D eigenvalue weighted by atomic mass is 10.2. The summed E-state index contributed by atoms with van der Waals surface area (Å²) in [5.74, 6) is 1.80. The van der Waals surface area contributed by atoms with Gasteiger partial charge in [0, 0.05) is 36.8 Å². The van der Waals surface area contributed by atoms with E-state index in [1.807, 2.05) is 18.7 Å². The molecule has 1 fully saturated rings. The minimum atomic E-state index is 0.234. The molecule has 8 heteroatoms. The number of nitrogen functional groups attached to an aromatic ring is 2. The number of aryl methyl sites for hydroxylation is 1. The van der Waals surface area contributed by atoms with Crippen molar-refractivity contribution in [3.8, 4) is 0 Å². The summed E-state index contributed by atoms with van der Waals surface area (Å²) in [5, 5.41) is 0. The van der Waals surface area contributed by atoms with Crippen LogP contribution in [0, 0.1) is 6.92 Å². The monoisotopic (exact) mass is 417 g/mol. The van der Waals surface area contributed by atoms with E-state index in [1.54, 1.807) is 0 Å². The second-order valence-electron chi connectivity index (χ2n) is 7.20. The van der Waals surface area contributed by atoms with E-state index in [9.17, 15) is 0 Å². The Morgan fingerprint density at radius 3 is 2.00 bits per heavy atom. The van der Waals surface area contributed by atoms with Gasteiger partial charge in [-0.15, -0.1) is 11.8 Å². The van der Waals surface area contributed by atoms with Crippen LogP contribution in [0.4, 0.5) is 23.1 Å². The maximum Gasteiger partial charge on any atom is 0.222 e. The van der Waals surface area contributed by atoms with E-state index in [0.29, 0.717) is 5.82 Å². The van der Waals surface area contributed by atoms with Gasteiger partial charge in [-0.05, 0) is 57.6 Å². The number of nitrogens with zero attached hydrogens (tertiary/aromatic N) is 5. The van der Waals surface area contributed by atoms with Crippen molar-refractivity contribution in [2.75, 3.05) is 73.8 Å². The zero-order valence-corrected chi connectivity index (χ0v) is 19.2. The van der Waals surface area contributed by atoms with Crippen LogP contribution in [0.5, 0.6) is 0 Å². The summed E-state index contributed by atoms with van der Waals surface area (Å²) < 4.78 is 0. The van der Waals surface area contributed by atoms with Crippen molar-refractivity contribution in [3.63, 3.8) is 0 Å². The molecule has 0 spiro atoms. The molecule has 0 bridgehead atoms. The van der Waals surface area contributed by atoms with Crippen LogP contribution in [0.3, 0.4) is 0 Å². The van der Waals surface area contributed by atoms with E-state index < -0.39 is 0 Å². The number of aromatic nitrogens is 2. The summed E-state index contributed by atoms with van der Waals surface area (Å²) in [6.45, 7) is 11.0. The van der Waals surface area contributed by atoms with Gasteiger partial charge in [-0.1, -0.05) is 13.8 Å². The van der Waals surface area contributed by atoms with Crippen LogP contribution >= 0.6 is 11.8 Å². The number of hydrogen-bond acceptors (Lipinski definition) is 8. The molecule has 7 nitrogen and oxygen atoms in total. The Labute approximate surface area is 179 Å². The van der Waals surface area contributed by atoms with Crippen molar-refractivity contribution < 1.29 is 0 Å². The number of thioether (sulfide) groups is 1. The summed E-state index contributed by atoms with van der Waals surface area (Å²) in [6, 6.07) is 8.82. The first-order chi connectivity index (χ1) is 13.8. The first-order valence-corrected chi connectivity index (χ1v) is 11.1. The number of hydrogen-bond donors (Lipinski definition) is 2. The Hall–Kier alpha value is -2.19. The molecule has 1 saturated heterocycles. The predicted octanol–water partition coefficient (Wildman–Crippen LogP) is 2.96. The Bertz CT molecular complexity index is 733. The molecule has 160 valence electrons. The molecule has 0 amide bonds. The molecule has 0 aliphatic carbocycles. The van der Waals surface area contributed by atoms with Gasteiger partial charge in [-0.2, -0.15) is 4.98 Å². The topological polar surface area (TPSA) is 87.5 Å². The van der Waals surface area contributed by atoms with E-state index in [0.717, 1.165) is 49.9 Å². The second-order valence-corrected chi connectivity index (χ2v) is 8.54. The Kier molecular flexibility index (Phi) is 8.85. The van der Waals surface area contributed by atoms with Crippen LogP contribution in [0.25, 0.3) is 0 Å². The summed E-state index contributed by atoms with van der Waals surface area (Å²) in [4.78, 5) is 16.4. The van der Waals surface area contributed by atoms with E-state index >= 15 is 0 Å². The first kappa shape index (κ1) is 23.1. The van der Waals surface area contributed by atoms with E-state index in [1.165, 1.54) is 10.6 Å². The van der Waals surface area contributed by atoms with Gasteiger partial charge in [0.15, 0.2) is 5.82 Å². The normalized spacial score (nSPS) is 14.0. The standard InChI is InChI=1S/C17H24N6S.C4H11N/c1-3-24-14-6-4-13(5-7-14)22-8-10-23(11-9-22)15-12(2)20-17(19)21-16(15)18;1-4-5(2)3/h4-7H,3,8-11H2,1-2H3,(H4,18,19,20,21);4H2,1-3H3. The van der Waals surface area contributed by atoms with E-state index in [4.69, 9.17) is 11.5 Å². The van der Waals surface area contributed by atoms with Gasteiger partial charge in [0.1, 0.15) is 5.69 Å². The van der Waals surface area contributed by atoms with Crippen molar-refractivity contribution in [1.29, 1.82) is 0 Å². The molecule has 1 aliphatic heterocycles. The zero-order chi connectivity index (χ0) is 21.4. The maximum absolute atomic E-state index is 6.06. The number of benzene rings is 1. The molecular weight excluding hydrogens is 382 g/mol. The third kappa shape index (κ3) is 6.68. The molecule has 0 atom stereocenters. The van der Waals surface area contributed by atoms with Crippen molar-refractivity contribution in [3.05, 3.63) is 30.0 Å². The number of nitrogens with two attached hydrogens (primary N) is 2. The van der Waals surface area contributed by atoms with Crippen LogP contribution in [0.2, 0.25) is 0 Å². The number of rotatable bonds is 5. The Morgan fingerprint density at radius 1 is 0.966 bits per heavy atom. The third-order valence-electron chi connectivity index (χ3n) is 4.84. The first-order valence-electron chi connectivity index (χ1n) is 10.1. The molecule has 3 rings (SSSR count). The largest absolute Gasteiger partial charge is 0.382 e. The summed E-state index contributed by atoms with van der Waals surface area (Å²) in [6.07, 6.45) is 0. The molecule has 1 aliphatic rings. The van der Waals surface area contributed by atoms with Crippen molar-refractivity contribution >= 4 is 34.9 Å². The van der Waals surface area contributed by atoms with Crippen molar-refractivity contribution in [2.45, 2.75) is 25.7 Å². The highest BCUT2D eigenvalue weighted by Gasteiger charge is 2.22. The van der Waals surface area contributed by atoms with E-state index in [-0.39, 0.29) is 5.95 Å². The second kappa shape index (κ2) is 11.1. The molecule has 29 heavy (non-hydrogen) atoms. The molecule has 1 aromatic heterocycles. The predicted molar refractivity (Wildman–Crippen MR) is 127 cm³/mol. The molecule has 4 N–H and O–H groups in total. The molecular formula is C21H35N7S. The molecule has 0 unspecified atom stereocenters. The number of piperazine rings is 1. The number of anilines is 4. The van der Waals surface area contributed by atoms with Crippen LogP contribution in [-0.2, 0) is 0 Å². The van der Waals surface area contributed by atoms with Gasteiger partial charge in [0.05, 0.1) is 5.69 Å². The van der Waals surface area contributed by atoms with Crippen LogP contribution in [0.15, 0.2) is 29.2 Å². The smallest absolute Gasteiger partial charge is 0.222 e. The lowest BCUT2D eigenvalue weighted by Gasteiger charge is -2.38. The third-order valence-corrected chi connectivity index (χ3v) is 5.74. The maximum atomic E-state index is 6.06. The van der Waals surface area contributed by atoms with Gasteiger partial charge in [-0.25, -0.2) is 4.98 Å². The minimum absolute atomic E-state index is 0.234. The lowest BCUT2D eigenvalue weighted by molar-refractivity contribution is 0.434. The highest BCUT2D eigenvalue weighted by Crippen LogP contribution is 2.28. The molecule has 2 heterocycles. The molecule has 1 aromatic carbocycles. The molecule has 0 radical (unpaired) electrons. The zero-order valence-electron chi connectivity index (χ0n) is 18.4. The summed E-state index contributed by atoms with van der Waals surface area (Å²) in [7, 11) is 4.11.